The normalized spacial score (nSPS) is 10.4. The summed E-state index contributed by atoms with van der Waals surface area (Å²) in [6.45, 7) is 2.98. The lowest BCUT2D eigenvalue weighted by Gasteiger charge is -2.12. The minimum Gasteiger partial charge on any atom is -0.380 e. The summed E-state index contributed by atoms with van der Waals surface area (Å²) < 4.78 is 1.17. The SMILES string of the molecule is Cc1ccc(CONC(=O)c2ccccc2NCc2ccncc2)cc1I. The van der Waals surface area contributed by atoms with E-state index >= 15 is 0 Å². The third kappa shape index (κ3) is 5.51. The van der Waals surface area contributed by atoms with Gasteiger partial charge in [-0.1, -0.05) is 24.3 Å². The number of rotatable bonds is 7. The van der Waals surface area contributed by atoms with Gasteiger partial charge in [-0.2, -0.15) is 0 Å². The van der Waals surface area contributed by atoms with E-state index in [2.05, 4.69) is 45.3 Å². The van der Waals surface area contributed by atoms with Crippen LogP contribution in [0.4, 0.5) is 5.69 Å². The highest BCUT2D eigenvalue weighted by atomic mass is 127. The molecule has 0 saturated heterocycles. The molecule has 0 radical (unpaired) electrons. The molecule has 1 amide bonds. The number of carbonyl (C=O) groups excluding carboxylic acids is 1. The summed E-state index contributed by atoms with van der Waals surface area (Å²) in [5.74, 6) is -0.283. The van der Waals surface area contributed by atoms with Crippen LogP contribution in [0.3, 0.4) is 0 Å². The van der Waals surface area contributed by atoms with Gasteiger partial charge >= 0.3 is 0 Å². The van der Waals surface area contributed by atoms with Crippen LogP contribution in [0.1, 0.15) is 27.0 Å². The third-order valence-electron chi connectivity index (χ3n) is 4.04. The van der Waals surface area contributed by atoms with E-state index in [1.807, 2.05) is 48.5 Å². The van der Waals surface area contributed by atoms with Crippen molar-refractivity contribution in [3.8, 4) is 0 Å². The van der Waals surface area contributed by atoms with Crippen molar-refractivity contribution in [3.63, 3.8) is 0 Å². The van der Waals surface area contributed by atoms with Gasteiger partial charge in [0.05, 0.1) is 12.2 Å². The van der Waals surface area contributed by atoms with Crippen molar-refractivity contribution in [3.05, 3.63) is 92.8 Å². The lowest BCUT2D eigenvalue weighted by molar-refractivity contribution is 0.0234. The van der Waals surface area contributed by atoms with E-state index in [-0.39, 0.29) is 5.91 Å². The molecule has 0 fully saturated rings. The van der Waals surface area contributed by atoms with E-state index < -0.39 is 0 Å². The van der Waals surface area contributed by atoms with E-state index in [1.165, 1.54) is 9.13 Å². The van der Waals surface area contributed by atoms with Crippen molar-refractivity contribution in [2.45, 2.75) is 20.1 Å². The van der Waals surface area contributed by atoms with Gasteiger partial charge in [0.25, 0.3) is 5.91 Å². The van der Waals surface area contributed by atoms with Crippen LogP contribution in [0.2, 0.25) is 0 Å². The summed E-state index contributed by atoms with van der Waals surface area (Å²) in [5, 5.41) is 3.29. The van der Waals surface area contributed by atoms with Gasteiger partial charge in [0.15, 0.2) is 0 Å². The van der Waals surface area contributed by atoms with Gasteiger partial charge in [0.2, 0.25) is 0 Å². The maximum absolute atomic E-state index is 12.5. The Balaban J connectivity index is 1.58. The second-order valence-corrected chi connectivity index (χ2v) is 7.22. The van der Waals surface area contributed by atoms with Crippen LogP contribution < -0.4 is 10.8 Å². The molecular formula is C21H20IN3O2. The number of aryl methyl sites for hydroxylation is 1. The Labute approximate surface area is 172 Å². The van der Waals surface area contributed by atoms with Gasteiger partial charge in [-0.25, -0.2) is 5.48 Å². The second kappa shape index (κ2) is 9.48. The molecule has 0 bridgehead atoms. The number of hydrogen-bond acceptors (Lipinski definition) is 4. The van der Waals surface area contributed by atoms with Crippen molar-refractivity contribution in [1.29, 1.82) is 0 Å². The Hall–Kier alpha value is -2.45. The molecule has 3 rings (SSSR count). The monoisotopic (exact) mass is 473 g/mol. The number of amides is 1. The third-order valence-corrected chi connectivity index (χ3v) is 5.21. The second-order valence-electron chi connectivity index (χ2n) is 6.06. The Kier molecular flexibility index (Phi) is 6.78. The molecule has 6 heteroatoms. The Morgan fingerprint density at radius 2 is 1.85 bits per heavy atom. The zero-order valence-corrected chi connectivity index (χ0v) is 17.1. The van der Waals surface area contributed by atoms with E-state index in [1.54, 1.807) is 18.5 Å². The molecule has 2 aromatic carbocycles. The number of para-hydroxylation sites is 1. The van der Waals surface area contributed by atoms with Crippen LogP contribution in [0.15, 0.2) is 67.0 Å². The Morgan fingerprint density at radius 3 is 2.63 bits per heavy atom. The summed E-state index contributed by atoms with van der Waals surface area (Å²) in [5.41, 5.74) is 7.13. The topological polar surface area (TPSA) is 63.2 Å². The number of nitrogens with zero attached hydrogens (tertiary/aromatic N) is 1. The molecule has 0 spiro atoms. The van der Waals surface area contributed by atoms with Crippen molar-refractivity contribution < 1.29 is 9.63 Å². The smallest absolute Gasteiger partial charge is 0.276 e. The van der Waals surface area contributed by atoms with Crippen LogP contribution in [0.5, 0.6) is 0 Å². The number of aromatic nitrogens is 1. The standard InChI is InChI=1S/C21H20IN3O2/c1-15-6-7-17(12-19(15)22)14-27-25-21(26)18-4-2-3-5-20(18)24-13-16-8-10-23-11-9-16/h2-12,24H,13-14H2,1H3,(H,25,26). The first-order valence-corrected chi connectivity index (χ1v) is 9.60. The van der Waals surface area contributed by atoms with Crippen molar-refractivity contribution in [2.75, 3.05) is 5.32 Å². The zero-order valence-electron chi connectivity index (χ0n) is 14.9. The van der Waals surface area contributed by atoms with Gasteiger partial charge < -0.3 is 5.32 Å². The molecule has 1 aromatic heterocycles. The van der Waals surface area contributed by atoms with Gasteiger partial charge in [-0.05, 0) is 76.5 Å². The molecule has 0 aliphatic rings. The number of carbonyl (C=O) groups is 1. The van der Waals surface area contributed by atoms with E-state index in [9.17, 15) is 4.79 Å². The Bertz CT molecular complexity index is 916. The summed E-state index contributed by atoms with van der Waals surface area (Å²) >= 11 is 2.29. The zero-order chi connectivity index (χ0) is 19.1. The minimum atomic E-state index is -0.283. The fourth-order valence-corrected chi connectivity index (χ4v) is 3.08. The highest BCUT2D eigenvalue weighted by molar-refractivity contribution is 14.1. The fourth-order valence-electron chi connectivity index (χ4n) is 2.50. The lowest BCUT2D eigenvalue weighted by atomic mass is 10.1. The van der Waals surface area contributed by atoms with Crippen molar-refractivity contribution in [1.82, 2.24) is 10.5 Å². The van der Waals surface area contributed by atoms with Gasteiger partial charge in [-0.3, -0.25) is 14.6 Å². The average molecular weight is 473 g/mol. The maximum atomic E-state index is 12.5. The molecule has 138 valence electrons. The molecule has 5 nitrogen and oxygen atoms in total. The first-order valence-electron chi connectivity index (χ1n) is 8.52. The highest BCUT2D eigenvalue weighted by Gasteiger charge is 2.11. The lowest BCUT2D eigenvalue weighted by Crippen LogP contribution is -2.24. The fraction of sp³-hybridized carbons (Fsp3) is 0.143. The number of nitrogens with one attached hydrogen (secondary N) is 2. The van der Waals surface area contributed by atoms with Crippen LogP contribution in [-0.4, -0.2) is 10.9 Å². The van der Waals surface area contributed by atoms with Crippen LogP contribution >= 0.6 is 22.6 Å². The number of hydrogen-bond donors (Lipinski definition) is 2. The number of hydroxylamine groups is 1. The molecule has 0 aliphatic heterocycles. The highest BCUT2D eigenvalue weighted by Crippen LogP contribution is 2.17. The predicted octanol–water partition coefficient (Wildman–Crippen LogP) is 4.47. The average Bonchev–Trinajstić information content (AvgIpc) is 2.70. The van der Waals surface area contributed by atoms with E-state index in [0.717, 1.165) is 16.8 Å². The largest absolute Gasteiger partial charge is 0.380 e. The molecule has 0 aliphatic carbocycles. The number of halogens is 1. The van der Waals surface area contributed by atoms with E-state index in [0.29, 0.717) is 18.7 Å². The van der Waals surface area contributed by atoms with Gasteiger partial charge in [0, 0.05) is 28.2 Å². The molecule has 1 heterocycles. The molecule has 2 N–H and O–H groups in total. The summed E-state index contributed by atoms with van der Waals surface area (Å²) in [4.78, 5) is 21.9. The molecule has 3 aromatic rings. The molecular weight excluding hydrogens is 453 g/mol. The molecule has 27 heavy (non-hydrogen) atoms. The first kappa shape index (κ1) is 19.3. The maximum Gasteiger partial charge on any atom is 0.276 e. The Morgan fingerprint density at radius 1 is 1.07 bits per heavy atom. The predicted molar refractivity (Wildman–Crippen MR) is 114 cm³/mol. The van der Waals surface area contributed by atoms with Crippen molar-refractivity contribution >= 4 is 34.2 Å². The molecule has 0 unspecified atom stereocenters. The quantitative estimate of drug-likeness (QED) is 0.393. The summed E-state index contributed by atoms with van der Waals surface area (Å²) in [7, 11) is 0. The van der Waals surface area contributed by atoms with Crippen LogP contribution in [0.25, 0.3) is 0 Å². The van der Waals surface area contributed by atoms with Crippen LogP contribution in [0, 0.1) is 10.5 Å². The number of anilines is 1. The first-order chi connectivity index (χ1) is 13.1. The summed E-state index contributed by atoms with van der Waals surface area (Å²) in [6, 6.07) is 17.3. The van der Waals surface area contributed by atoms with E-state index in [4.69, 9.17) is 4.84 Å². The van der Waals surface area contributed by atoms with Crippen molar-refractivity contribution in [2.24, 2.45) is 0 Å². The number of benzene rings is 2. The molecule has 0 saturated carbocycles. The minimum absolute atomic E-state index is 0.283. The molecule has 0 atom stereocenters. The number of pyridine rings is 1. The van der Waals surface area contributed by atoms with Crippen LogP contribution in [-0.2, 0) is 18.0 Å². The summed E-state index contributed by atoms with van der Waals surface area (Å²) in [6.07, 6.45) is 3.49. The van der Waals surface area contributed by atoms with Gasteiger partial charge in [-0.15, -0.1) is 0 Å². The van der Waals surface area contributed by atoms with Gasteiger partial charge in [0.1, 0.15) is 0 Å².